The van der Waals surface area contributed by atoms with Crippen LogP contribution < -0.4 is 0 Å². The zero-order chi connectivity index (χ0) is 18.0. The largest absolute Gasteiger partial charge is 0.0599 e. The van der Waals surface area contributed by atoms with Gasteiger partial charge >= 0.3 is 0 Å². The molecule has 3 fully saturated rings. The lowest BCUT2D eigenvalue weighted by Gasteiger charge is -2.63. The summed E-state index contributed by atoms with van der Waals surface area (Å²) in [7, 11) is 0. The lowest BCUT2D eigenvalue weighted by molar-refractivity contribution is -0.138. The lowest BCUT2D eigenvalue weighted by Crippen LogP contribution is -2.55. The summed E-state index contributed by atoms with van der Waals surface area (Å²) in [6, 6.07) is 0. The zero-order valence-corrected chi connectivity index (χ0v) is 18.0. The molecule has 0 aliphatic heterocycles. The predicted molar refractivity (Wildman–Crippen MR) is 106 cm³/mol. The molecule has 4 unspecified atom stereocenters. The fourth-order valence-corrected chi connectivity index (χ4v) is 6.95. The highest BCUT2D eigenvalue weighted by atomic mass is 14.7. The van der Waals surface area contributed by atoms with Gasteiger partial charge in [-0.15, -0.1) is 0 Å². The first-order valence-corrected chi connectivity index (χ1v) is 10.9. The van der Waals surface area contributed by atoms with E-state index in [-0.39, 0.29) is 0 Å². The summed E-state index contributed by atoms with van der Waals surface area (Å²) in [4.78, 5) is 0. The fourth-order valence-electron chi connectivity index (χ4n) is 6.95. The average Bonchev–Trinajstić information content (AvgIpc) is 3.11. The van der Waals surface area contributed by atoms with Gasteiger partial charge in [-0.3, -0.25) is 0 Å². The molecule has 0 aromatic heterocycles. The van der Waals surface area contributed by atoms with Crippen LogP contribution in [0.25, 0.3) is 0 Å². The van der Waals surface area contributed by atoms with Crippen LogP contribution in [0.2, 0.25) is 0 Å². The molecule has 3 saturated carbocycles. The van der Waals surface area contributed by atoms with E-state index in [9.17, 15) is 0 Å². The smallest absolute Gasteiger partial charge is 0.0241 e. The molecule has 3 aliphatic carbocycles. The van der Waals surface area contributed by atoms with Crippen LogP contribution in [-0.2, 0) is 0 Å². The second kappa shape index (κ2) is 5.75. The van der Waals surface area contributed by atoms with Crippen molar-refractivity contribution in [3.05, 3.63) is 0 Å². The Morgan fingerprint density at radius 3 is 1.12 bits per heavy atom. The Morgan fingerprint density at radius 1 is 0.583 bits per heavy atom. The van der Waals surface area contributed by atoms with Crippen molar-refractivity contribution >= 4 is 0 Å². The molecule has 0 heterocycles. The molecule has 0 saturated heterocycles. The van der Waals surface area contributed by atoms with E-state index < -0.39 is 0 Å². The van der Waals surface area contributed by atoms with E-state index in [4.69, 9.17) is 0 Å². The van der Waals surface area contributed by atoms with Crippen LogP contribution >= 0.6 is 0 Å². The summed E-state index contributed by atoms with van der Waals surface area (Å²) in [6.45, 7) is 20.2. The summed E-state index contributed by atoms with van der Waals surface area (Å²) < 4.78 is 0. The van der Waals surface area contributed by atoms with Crippen molar-refractivity contribution in [2.24, 2.45) is 45.3 Å². The molecule has 0 heteroatoms. The topological polar surface area (TPSA) is 0 Å². The second-order valence-corrected chi connectivity index (χ2v) is 12.5. The molecule has 0 bridgehead atoms. The molecule has 0 amide bonds. The average molecular weight is 333 g/mol. The Hall–Kier alpha value is 0. The SMILES string of the molecule is CC(C)(C)C1CCC([C@]2(C)CC[C@]2(C)C2CCC(C(C)(C)C)C2)C1. The fraction of sp³-hybridized carbons (Fsp3) is 1.00. The van der Waals surface area contributed by atoms with Crippen molar-refractivity contribution in [3.8, 4) is 0 Å². The van der Waals surface area contributed by atoms with Crippen LogP contribution in [0, 0.1) is 45.3 Å². The van der Waals surface area contributed by atoms with E-state index in [0.29, 0.717) is 21.7 Å². The Kier molecular flexibility index (Phi) is 4.50. The van der Waals surface area contributed by atoms with Gasteiger partial charge in [-0.05, 0) is 96.7 Å². The first-order valence-electron chi connectivity index (χ1n) is 10.9. The Bertz CT molecular complexity index is 417. The standard InChI is InChI=1S/C24H44/c1-21(2,3)17-9-11-19(15-17)23(7)13-14-24(23,8)20-12-10-18(16-20)22(4,5)6/h17-20H,9-16H2,1-8H3/t17?,18?,19?,20?,23-,24+. The van der Waals surface area contributed by atoms with E-state index in [1.807, 2.05) is 0 Å². The van der Waals surface area contributed by atoms with Crippen molar-refractivity contribution in [1.82, 2.24) is 0 Å². The van der Waals surface area contributed by atoms with E-state index in [0.717, 1.165) is 23.7 Å². The van der Waals surface area contributed by atoms with Gasteiger partial charge < -0.3 is 0 Å². The second-order valence-electron chi connectivity index (χ2n) is 12.5. The van der Waals surface area contributed by atoms with Gasteiger partial charge in [0.25, 0.3) is 0 Å². The third-order valence-electron chi connectivity index (χ3n) is 9.59. The summed E-state index contributed by atoms with van der Waals surface area (Å²) in [5, 5.41) is 0. The van der Waals surface area contributed by atoms with Crippen LogP contribution in [0.1, 0.15) is 107 Å². The monoisotopic (exact) mass is 332 g/mol. The van der Waals surface area contributed by atoms with Gasteiger partial charge in [0.05, 0.1) is 0 Å². The molecule has 3 rings (SSSR count). The van der Waals surface area contributed by atoms with Gasteiger partial charge in [-0.25, -0.2) is 0 Å². The van der Waals surface area contributed by atoms with E-state index >= 15 is 0 Å². The molecule has 0 N–H and O–H groups in total. The first kappa shape index (κ1) is 18.8. The van der Waals surface area contributed by atoms with E-state index in [2.05, 4.69) is 55.4 Å². The predicted octanol–water partition coefficient (Wildman–Crippen LogP) is 7.72. The number of hydrogen-bond acceptors (Lipinski definition) is 0. The molecule has 0 aromatic rings. The minimum absolute atomic E-state index is 0.510. The van der Waals surface area contributed by atoms with Gasteiger partial charge in [0.15, 0.2) is 0 Å². The van der Waals surface area contributed by atoms with Crippen molar-refractivity contribution in [2.75, 3.05) is 0 Å². The molecule has 140 valence electrons. The Labute approximate surface area is 152 Å². The quantitative estimate of drug-likeness (QED) is 0.485. The van der Waals surface area contributed by atoms with Gasteiger partial charge in [-0.1, -0.05) is 55.4 Å². The van der Waals surface area contributed by atoms with Crippen molar-refractivity contribution in [2.45, 2.75) is 107 Å². The van der Waals surface area contributed by atoms with Crippen LogP contribution in [-0.4, -0.2) is 0 Å². The molecule has 0 aromatic carbocycles. The summed E-state index contributed by atoms with van der Waals surface area (Å²) in [5.41, 5.74) is 2.28. The minimum atomic E-state index is 0.510. The minimum Gasteiger partial charge on any atom is -0.0599 e. The third-order valence-corrected chi connectivity index (χ3v) is 9.59. The molecule has 24 heavy (non-hydrogen) atoms. The van der Waals surface area contributed by atoms with Gasteiger partial charge in [0.1, 0.15) is 0 Å². The number of rotatable bonds is 2. The molecule has 0 radical (unpaired) electrons. The highest BCUT2D eigenvalue weighted by Gasteiger charge is 2.61. The molecule has 0 spiro atoms. The van der Waals surface area contributed by atoms with E-state index in [1.165, 1.54) is 51.4 Å². The highest BCUT2D eigenvalue weighted by Crippen LogP contribution is 2.70. The Morgan fingerprint density at radius 2 is 0.917 bits per heavy atom. The van der Waals surface area contributed by atoms with Crippen LogP contribution in [0.5, 0.6) is 0 Å². The maximum absolute atomic E-state index is 2.69. The highest BCUT2D eigenvalue weighted by molar-refractivity contribution is 5.11. The van der Waals surface area contributed by atoms with Crippen LogP contribution in [0.3, 0.4) is 0 Å². The Balaban J connectivity index is 1.71. The molecular weight excluding hydrogens is 288 g/mol. The van der Waals surface area contributed by atoms with Gasteiger partial charge in [0.2, 0.25) is 0 Å². The van der Waals surface area contributed by atoms with Gasteiger partial charge in [-0.2, -0.15) is 0 Å². The number of hydrogen-bond donors (Lipinski definition) is 0. The van der Waals surface area contributed by atoms with Crippen molar-refractivity contribution < 1.29 is 0 Å². The summed E-state index contributed by atoms with van der Waals surface area (Å²) in [5.74, 6) is 3.90. The maximum Gasteiger partial charge on any atom is -0.0241 e. The van der Waals surface area contributed by atoms with Crippen molar-refractivity contribution in [1.29, 1.82) is 0 Å². The molecule has 0 nitrogen and oxygen atoms in total. The first-order chi connectivity index (χ1) is 10.9. The normalized spacial score (nSPS) is 47.0. The van der Waals surface area contributed by atoms with Crippen molar-refractivity contribution in [3.63, 3.8) is 0 Å². The molecular formula is C24H44. The third kappa shape index (κ3) is 2.88. The summed E-state index contributed by atoms with van der Waals surface area (Å²) in [6.07, 6.45) is 12.0. The van der Waals surface area contributed by atoms with Crippen LogP contribution in [0.4, 0.5) is 0 Å². The maximum atomic E-state index is 2.69. The van der Waals surface area contributed by atoms with E-state index in [1.54, 1.807) is 0 Å². The lowest BCUT2D eigenvalue weighted by atomic mass is 9.42. The zero-order valence-electron chi connectivity index (χ0n) is 18.0. The molecule has 3 aliphatic rings. The van der Waals surface area contributed by atoms with Crippen LogP contribution in [0.15, 0.2) is 0 Å². The summed E-state index contributed by atoms with van der Waals surface area (Å²) >= 11 is 0. The molecule has 6 atom stereocenters. The van der Waals surface area contributed by atoms with Gasteiger partial charge in [0, 0.05) is 0 Å².